The number of halogens is 1. The van der Waals surface area contributed by atoms with E-state index >= 15 is 0 Å². The first-order chi connectivity index (χ1) is 11.6. The van der Waals surface area contributed by atoms with E-state index in [1.807, 2.05) is 20.0 Å². The number of guanidine groups is 1. The minimum absolute atomic E-state index is 0. The fourth-order valence-corrected chi connectivity index (χ4v) is 2.82. The van der Waals surface area contributed by atoms with Crippen molar-refractivity contribution in [3.63, 3.8) is 0 Å². The van der Waals surface area contributed by atoms with Crippen LogP contribution in [0.4, 0.5) is 0 Å². The highest BCUT2D eigenvalue weighted by Crippen LogP contribution is 2.23. The van der Waals surface area contributed by atoms with E-state index in [9.17, 15) is 0 Å². The second-order valence-corrected chi connectivity index (χ2v) is 6.67. The minimum atomic E-state index is 0. The molecule has 1 fully saturated rings. The highest BCUT2D eigenvalue weighted by Gasteiger charge is 2.25. The summed E-state index contributed by atoms with van der Waals surface area (Å²) >= 11 is 0. The van der Waals surface area contributed by atoms with Crippen LogP contribution in [0.5, 0.6) is 0 Å². The molecule has 6 nitrogen and oxygen atoms in total. The standard InChI is InChI=1S/C18H32N4O2.HI/c1-14(2)7-8-20-18(19-4)21-13-16(17-6-5-15(3)24-17)22-9-11-23-12-10-22;/h5-6,14,16H,7-13H2,1-4H3,(H2,19,20,21);1H. The number of aliphatic imine (C=N–C) groups is 1. The fourth-order valence-electron chi connectivity index (χ4n) is 2.82. The number of aryl methyl sites for hydroxylation is 1. The molecular formula is C18H33IN4O2. The van der Waals surface area contributed by atoms with E-state index in [1.165, 1.54) is 0 Å². The van der Waals surface area contributed by atoms with Crippen LogP contribution in [0.3, 0.4) is 0 Å². The first-order valence-corrected chi connectivity index (χ1v) is 8.92. The summed E-state index contributed by atoms with van der Waals surface area (Å²) in [5.41, 5.74) is 0. The molecule has 25 heavy (non-hydrogen) atoms. The Kier molecular flexibility index (Phi) is 10.4. The lowest BCUT2D eigenvalue weighted by Crippen LogP contribution is -2.46. The van der Waals surface area contributed by atoms with Gasteiger partial charge in [-0.2, -0.15) is 0 Å². The van der Waals surface area contributed by atoms with Crippen molar-refractivity contribution in [1.82, 2.24) is 15.5 Å². The molecule has 1 aliphatic heterocycles. The third kappa shape index (κ3) is 7.53. The predicted molar refractivity (Wildman–Crippen MR) is 113 cm³/mol. The zero-order valence-electron chi connectivity index (χ0n) is 15.9. The molecule has 1 saturated heterocycles. The normalized spacial score (nSPS) is 17.2. The van der Waals surface area contributed by atoms with E-state index < -0.39 is 0 Å². The minimum Gasteiger partial charge on any atom is -0.465 e. The number of hydrogen-bond acceptors (Lipinski definition) is 4. The zero-order valence-corrected chi connectivity index (χ0v) is 18.2. The Labute approximate surface area is 168 Å². The molecule has 1 unspecified atom stereocenters. The smallest absolute Gasteiger partial charge is 0.191 e. The van der Waals surface area contributed by atoms with Gasteiger partial charge < -0.3 is 19.8 Å². The van der Waals surface area contributed by atoms with Gasteiger partial charge in [0.2, 0.25) is 0 Å². The third-order valence-electron chi connectivity index (χ3n) is 4.28. The highest BCUT2D eigenvalue weighted by atomic mass is 127. The molecular weight excluding hydrogens is 431 g/mol. The maximum atomic E-state index is 5.89. The largest absolute Gasteiger partial charge is 0.465 e. The summed E-state index contributed by atoms with van der Waals surface area (Å²) in [7, 11) is 1.81. The van der Waals surface area contributed by atoms with Crippen LogP contribution >= 0.6 is 24.0 Å². The molecule has 0 bridgehead atoms. The quantitative estimate of drug-likeness (QED) is 0.369. The van der Waals surface area contributed by atoms with Crippen LogP contribution in [0.2, 0.25) is 0 Å². The van der Waals surface area contributed by atoms with Gasteiger partial charge >= 0.3 is 0 Å². The van der Waals surface area contributed by atoms with E-state index in [2.05, 4.69) is 40.4 Å². The summed E-state index contributed by atoms with van der Waals surface area (Å²) < 4.78 is 11.4. The average Bonchev–Trinajstić information content (AvgIpc) is 3.00. The SMILES string of the molecule is CN=C(NCCC(C)C)NCC(c1ccc(C)o1)N1CCOCC1.I. The van der Waals surface area contributed by atoms with Crippen molar-refractivity contribution in [1.29, 1.82) is 0 Å². The van der Waals surface area contributed by atoms with Gasteiger partial charge in [-0.05, 0) is 31.4 Å². The van der Waals surface area contributed by atoms with Crippen molar-refractivity contribution >= 4 is 29.9 Å². The monoisotopic (exact) mass is 464 g/mol. The third-order valence-corrected chi connectivity index (χ3v) is 4.28. The molecule has 0 radical (unpaired) electrons. The molecule has 1 aliphatic rings. The van der Waals surface area contributed by atoms with Crippen molar-refractivity contribution in [3.05, 3.63) is 23.7 Å². The molecule has 1 aromatic heterocycles. The molecule has 1 aromatic rings. The lowest BCUT2D eigenvalue weighted by atomic mass is 10.1. The van der Waals surface area contributed by atoms with Crippen LogP contribution in [0.15, 0.2) is 21.5 Å². The average molecular weight is 464 g/mol. The van der Waals surface area contributed by atoms with Gasteiger partial charge in [-0.25, -0.2) is 0 Å². The maximum absolute atomic E-state index is 5.89. The number of morpholine rings is 1. The number of ether oxygens (including phenoxy) is 1. The molecule has 0 saturated carbocycles. The Hall–Kier alpha value is -0.800. The second kappa shape index (κ2) is 11.7. The summed E-state index contributed by atoms with van der Waals surface area (Å²) in [6.45, 7) is 11.5. The zero-order chi connectivity index (χ0) is 17.4. The summed E-state index contributed by atoms with van der Waals surface area (Å²) in [5, 5.41) is 6.83. The molecule has 0 aliphatic carbocycles. The van der Waals surface area contributed by atoms with Crippen LogP contribution in [-0.2, 0) is 4.74 Å². The van der Waals surface area contributed by atoms with Crippen LogP contribution in [0.1, 0.15) is 37.8 Å². The maximum Gasteiger partial charge on any atom is 0.191 e. The molecule has 2 N–H and O–H groups in total. The summed E-state index contributed by atoms with van der Waals surface area (Å²) in [6.07, 6.45) is 1.13. The fraction of sp³-hybridized carbons (Fsp3) is 0.722. The van der Waals surface area contributed by atoms with Crippen molar-refractivity contribution in [2.45, 2.75) is 33.2 Å². The van der Waals surface area contributed by atoms with Crippen LogP contribution in [-0.4, -0.2) is 57.3 Å². The van der Waals surface area contributed by atoms with Crippen molar-refractivity contribution in [2.75, 3.05) is 46.4 Å². The highest BCUT2D eigenvalue weighted by molar-refractivity contribution is 14.0. The van der Waals surface area contributed by atoms with Gasteiger partial charge in [-0.1, -0.05) is 13.8 Å². The Balaban J connectivity index is 0.00000312. The molecule has 2 rings (SSSR count). The Morgan fingerprint density at radius 2 is 1.96 bits per heavy atom. The molecule has 0 spiro atoms. The summed E-state index contributed by atoms with van der Waals surface area (Å²) in [5.74, 6) is 3.47. The van der Waals surface area contributed by atoms with Gasteiger partial charge in [0.25, 0.3) is 0 Å². The number of furan rings is 1. The van der Waals surface area contributed by atoms with Crippen LogP contribution < -0.4 is 10.6 Å². The van der Waals surface area contributed by atoms with E-state index in [4.69, 9.17) is 9.15 Å². The van der Waals surface area contributed by atoms with E-state index in [0.29, 0.717) is 5.92 Å². The Morgan fingerprint density at radius 1 is 1.24 bits per heavy atom. The summed E-state index contributed by atoms with van der Waals surface area (Å²) in [4.78, 5) is 6.73. The Morgan fingerprint density at radius 3 is 2.52 bits per heavy atom. The van der Waals surface area contributed by atoms with Gasteiger partial charge in [0, 0.05) is 33.2 Å². The molecule has 7 heteroatoms. The van der Waals surface area contributed by atoms with Gasteiger partial charge in [0.05, 0.1) is 19.3 Å². The number of nitrogens with zero attached hydrogens (tertiary/aromatic N) is 2. The second-order valence-electron chi connectivity index (χ2n) is 6.67. The van der Waals surface area contributed by atoms with Crippen molar-refractivity contribution in [3.8, 4) is 0 Å². The number of nitrogens with one attached hydrogen (secondary N) is 2. The van der Waals surface area contributed by atoms with E-state index in [-0.39, 0.29) is 30.0 Å². The van der Waals surface area contributed by atoms with Gasteiger partial charge in [0.15, 0.2) is 5.96 Å². The molecule has 0 aromatic carbocycles. The van der Waals surface area contributed by atoms with Crippen molar-refractivity contribution < 1.29 is 9.15 Å². The lowest BCUT2D eigenvalue weighted by molar-refractivity contribution is 0.0124. The first-order valence-electron chi connectivity index (χ1n) is 8.92. The predicted octanol–water partition coefficient (Wildman–Crippen LogP) is 2.79. The molecule has 1 atom stereocenters. The molecule has 2 heterocycles. The molecule has 144 valence electrons. The lowest BCUT2D eigenvalue weighted by Gasteiger charge is -2.33. The van der Waals surface area contributed by atoms with Crippen molar-refractivity contribution in [2.24, 2.45) is 10.9 Å². The summed E-state index contributed by atoms with van der Waals surface area (Å²) in [6, 6.07) is 4.29. The van der Waals surface area contributed by atoms with Gasteiger partial charge in [0.1, 0.15) is 11.5 Å². The number of rotatable bonds is 7. The Bertz CT molecular complexity index is 513. The molecule has 0 amide bonds. The first kappa shape index (κ1) is 22.2. The van der Waals surface area contributed by atoms with Crippen LogP contribution in [0, 0.1) is 12.8 Å². The van der Waals surface area contributed by atoms with E-state index in [1.54, 1.807) is 0 Å². The van der Waals surface area contributed by atoms with E-state index in [0.717, 1.165) is 63.3 Å². The van der Waals surface area contributed by atoms with Gasteiger partial charge in [-0.15, -0.1) is 24.0 Å². The topological polar surface area (TPSA) is 62.0 Å². The van der Waals surface area contributed by atoms with Gasteiger partial charge in [-0.3, -0.25) is 9.89 Å². The number of hydrogen-bond donors (Lipinski definition) is 2. The van der Waals surface area contributed by atoms with Crippen LogP contribution in [0.25, 0.3) is 0 Å².